The normalized spacial score (nSPS) is 16.0. The van der Waals surface area contributed by atoms with Gasteiger partial charge in [0.1, 0.15) is 0 Å². The minimum atomic E-state index is -0.730. The Morgan fingerprint density at radius 1 is 1.48 bits per heavy atom. The molecule has 0 radical (unpaired) electrons. The molecule has 7 nitrogen and oxygen atoms in total. The summed E-state index contributed by atoms with van der Waals surface area (Å²) in [5.74, 6) is -0.787. The smallest absolute Gasteiger partial charge is 0.411 e. The number of ether oxygens (including phenoxy) is 1. The van der Waals surface area contributed by atoms with E-state index in [9.17, 15) is 14.0 Å². The molecule has 0 aromatic heterocycles. The summed E-state index contributed by atoms with van der Waals surface area (Å²) >= 11 is 3.38. The largest absolute Gasteiger partial charge is 0.450 e. The van der Waals surface area contributed by atoms with Gasteiger partial charge in [-0.2, -0.15) is 0 Å². The van der Waals surface area contributed by atoms with Crippen LogP contribution in [0.15, 0.2) is 35.7 Å². The van der Waals surface area contributed by atoms with Gasteiger partial charge in [0.05, 0.1) is 30.2 Å². The second-order valence-corrected chi connectivity index (χ2v) is 5.81. The van der Waals surface area contributed by atoms with E-state index in [-0.39, 0.29) is 30.3 Å². The number of carbonyl (C=O) groups excluding carboxylic acids is 2. The predicted octanol–water partition coefficient (Wildman–Crippen LogP) is 2.29. The summed E-state index contributed by atoms with van der Waals surface area (Å²) in [6.07, 6.45) is 0.975. The lowest BCUT2D eigenvalue weighted by Crippen LogP contribution is -2.44. The third kappa shape index (κ3) is 3.19. The third-order valence-corrected chi connectivity index (χ3v) is 4.29. The summed E-state index contributed by atoms with van der Waals surface area (Å²) in [5, 5.41) is 7.07. The molecule has 2 aliphatic rings. The Hall–Kier alpha value is -2.55. The molecule has 1 aromatic carbocycles. The van der Waals surface area contributed by atoms with Crippen LogP contribution in [0, 0.1) is 5.82 Å². The van der Waals surface area contributed by atoms with E-state index in [2.05, 4.69) is 32.0 Å². The SMILES string of the molecule is CCOC(=O)Nc1cccc(C2=C(CBr)C3=CNCC(=O)N3N2)c1F. The molecule has 0 saturated heterocycles. The van der Waals surface area contributed by atoms with E-state index in [0.29, 0.717) is 16.7 Å². The van der Waals surface area contributed by atoms with E-state index in [1.54, 1.807) is 25.3 Å². The van der Waals surface area contributed by atoms with Crippen molar-refractivity contribution in [2.24, 2.45) is 0 Å². The maximum Gasteiger partial charge on any atom is 0.411 e. The monoisotopic (exact) mass is 410 g/mol. The number of nitrogens with one attached hydrogen (secondary N) is 3. The molecule has 0 aliphatic carbocycles. The molecule has 3 N–H and O–H groups in total. The van der Waals surface area contributed by atoms with E-state index < -0.39 is 11.9 Å². The van der Waals surface area contributed by atoms with Crippen LogP contribution < -0.4 is 16.1 Å². The second kappa shape index (κ2) is 7.14. The Morgan fingerprint density at radius 2 is 2.28 bits per heavy atom. The van der Waals surface area contributed by atoms with Gasteiger partial charge in [-0.3, -0.25) is 15.5 Å². The van der Waals surface area contributed by atoms with Gasteiger partial charge in [-0.05, 0) is 19.1 Å². The molecular formula is C16H16BrFN4O3. The molecule has 132 valence electrons. The zero-order valence-electron chi connectivity index (χ0n) is 13.4. The van der Waals surface area contributed by atoms with Crippen LogP contribution in [0.1, 0.15) is 12.5 Å². The highest BCUT2D eigenvalue weighted by Crippen LogP contribution is 2.35. The first-order chi connectivity index (χ1) is 12.1. The highest BCUT2D eigenvalue weighted by Gasteiger charge is 2.34. The Balaban J connectivity index is 1.99. The zero-order chi connectivity index (χ0) is 18.0. The third-order valence-electron chi connectivity index (χ3n) is 3.73. The summed E-state index contributed by atoms with van der Waals surface area (Å²) in [5.41, 5.74) is 5.02. The first kappa shape index (κ1) is 17.3. The van der Waals surface area contributed by atoms with Crippen molar-refractivity contribution in [2.45, 2.75) is 6.92 Å². The lowest BCUT2D eigenvalue weighted by atomic mass is 10.1. The van der Waals surface area contributed by atoms with Crippen LogP contribution in [0.25, 0.3) is 5.70 Å². The Kier molecular flexibility index (Phi) is 4.93. The molecule has 0 atom stereocenters. The van der Waals surface area contributed by atoms with Gasteiger partial charge >= 0.3 is 6.09 Å². The first-order valence-electron chi connectivity index (χ1n) is 7.62. The predicted molar refractivity (Wildman–Crippen MR) is 93.8 cm³/mol. The maximum absolute atomic E-state index is 14.9. The molecule has 3 rings (SSSR count). The maximum atomic E-state index is 14.9. The van der Waals surface area contributed by atoms with Crippen LogP contribution in [0.3, 0.4) is 0 Å². The Morgan fingerprint density at radius 3 is 3.00 bits per heavy atom. The van der Waals surface area contributed by atoms with E-state index in [4.69, 9.17) is 4.74 Å². The number of fused-ring (bicyclic) bond motifs is 1. The lowest BCUT2D eigenvalue weighted by Gasteiger charge is -2.24. The molecule has 0 spiro atoms. The summed E-state index contributed by atoms with van der Waals surface area (Å²) < 4.78 is 19.7. The van der Waals surface area contributed by atoms with Gasteiger partial charge in [0.15, 0.2) is 5.82 Å². The number of carbonyl (C=O) groups is 2. The van der Waals surface area contributed by atoms with Gasteiger partial charge in [0, 0.05) is 22.7 Å². The van der Waals surface area contributed by atoms with Crippen LogP contribution in [0.4, 0.5) is 14.9 Å². The van der Waals surface area contributed by atoms with Gasteiger partial charge in [0.25, 0.3) is 5.91 Å². The summed E-state index contributed by atoms with van der Waals surface area (Å²) in [4.78, 5) is 23.6. The zero-order valence-corrected chi connectivity index (χ0v) is 14.9. The fraction of sp³-hybridized carbons (Fsp3) is 0.250. The van der Waals surface area contributed by atoms with Gasteiger partial charge in [0.2, 0.25) is 0 Å². The number of rotatable bonds is 4. The van der Waals surface area contributed by atoms with E-state index in [1.165, 1.54) is 11.1 Å². The van der Waals surface area contributed by atoms with Crippen LogP contribution in [0.5, 0.6) is 0 Å². The fourth-order valence-electron chi connectivity index (χ4n) is 2.62. The highest BCUT2D eigenvalue weighted by molar-refractivity contribution is 9.09. The minimum Gasteiger partial charge on any atom is -0.450 e. The van der Waals surface area contributed by atoms with Gasteiger partial charge in [-0.1, -0.05) is 22.0 Å². The number of hydrogen-bond donors (Lipinski definition) is 3. The Bertz CT molecular complexity index is 794. The number of hydrogen-bond acceptors (Lipinski definition) is 5. The summed E-state index contributed by atoms with van der Waals surface area (Å²) in [6.45, 7) is 2.01. The van der Waals surface area contributed by atoms with Crippen LogP contribution in [0.2, 0.25) is 0 Å². The average molecular weight is 411 g/mol. The summed E-state index contributed by atoms with van der Waals surface area (Å²) in [6, 6.07) is 4.64. The molecule has 0 unspecified atom stereocenters. The quantitative estimate of drug-likeness (QED) is 0.663. The number of nitrogens with zero attached hydrogens (tertiary/aromatic N) is 1. The summed E-state index contributed by atoms with van der Waals surface area (Å²) in [7, 11) is 0. The highest BCUT2D eigenvalue weighted by atomic mass is 79.9. The minimum absolute atomic E-state index is 0.00229. The van der Waals surface area contributed by atoms with Gasteiger partial charge in [-0.25, -0.2) is 14.2 Å². The van der Waals surface area contributed by atoms with Crippen molar-refractivity contribution in [3.05, 3.63) is 47.0 Å². The molecule has 25 heavy (non-hydrogen) atoms. The van der Waals surface area contributed by atoms with Crippen molar-refractivity contribution in [3.8, 4) is 0 Å². The first-order valence-corrected chi connectivity index (χ1v) is 8.74. The topological polar surface area (TPSA) is 82.7 Å². The Labute approximate surface area is 152 Å². The standard InChI is InChI=1S/C16H16BrFN4O3/c1-2-25-16(24)20-11-5-3-4-9(14(11)18)15-10(6-17)12-7-19-8-13(23)22(12)21-15/h3-5,7,19,21H,2,6,8H2,1H3,(H,20,24). The molecular weight excluding hydrogens is 395 g/mol. The molecule has 2 amide bonds. The number of hydrazine groups is 1. The number of allylic oxidation sites excluding steroid dienone is 1. The molecule has 2 aliphatic heterocycles. The number of amides is 2. The lowest BCUT2D eigenvalue weighted by molar-refractivity contribution is -0.130. The fourth-order valence-corrected chi connectivity index (χ4v) is 3.19. The van der Waals surface area contributed by atoms with Crippen molar-refractivity contribution >= 4 is 39.3 Å². The molecule has 9 heteroatoms. The number of halogens is 2. The number of anilines is 1. The number of benzene rings is 1. The molecule has 2 heterocycles. The molecule has 0 saturated carbocycles. The van der Waals surface area contributed by atoms with Crippen molar-refractivity contribution in [2.75, 3.05) is 23.8 Å². The van der Waals surface area contributed by atoms with E-state index >= 15 is 0 Å². The molecule has 0 fully saturated rings. The van der Waals surface area contributed by atoms with Crippen molar-refractivity contribution in [1.29, 1.82) is 0 Å². The number of alkyl halides is 1. The molecule has 0 bridgehead atoms. The average Bonchev–Trinajstić information content (AvgIpc) is 2.97. The van der Waals surface area contributed by atoms with Crippen molar-refractivity contribution in [3.63, 3.8) is 0 Å². The van der Waals surface area contributed by atoms with Crippen molar-refractivity contribution < 1.29 is 18.7 Å². The van der Waals surface area contributed by atoms with Crippen LogP contribution >= 0.6 is 15.9 Å². The van der Waals surface area contributed by atoms with Gasteiger partial charge < -0.3 is 10.1 Å². The van der Waals surface area contributed by atoms with Crippen molar-refractivity contribution in [1.82, 2.24) is 15.8 Å². The van der Waals surface area contributed by atoms with Crippen LogP contribution in [-0.2, 0) is 9.53 Å². The van der Waals surface area contributed by atoms with Crippen LogP contribution in [-0.4, -0.2) is 35.5 Å². The molecule has 1 aromatic rings. The van der Waals surface area contributed by atoms with E-state index in [1.807, 2.05) is 0 Å². The van der Waals surface area contributed by atoms with E-state index in [0.717, 1.165) is 5.57 Å². The van der Waals surface area contributed by atoms with Gasteiger partial charge in [-0.15, -0.1) is 0 Å². The second-order valence-electron chi connectivity index (χ2n) is 5.25.